The summed E-state index contributed by atoms with van der Waals surface area (Å²) in [6.45, 7) is 4.10. The Morgan fingerprint density at radius 3 is 2.20 bits per heavy atom. The Bertz CT molecular complexity index is 1440. The van der Waals surface area contributed by atoms with Crippen LogP contribution in [-0.4, -0.2) is 15.3 Å². The molecule has 35 heavy (non-hydrogen) atoms. The molecule has 0 aliphatic rings. The molecule has 0 fully saturated rings. The van der Waals surface area contributed by atoms with Crippen molar-refractivity contribution >= 4 is 11.6 Å². The molecular formula is C31H29N3O. The van der Waals surface area contributed by atoms with E-state index in [2.05, 4.69) is 71.4 Å². The fraction of sp³-hybridized carbons (Fsp3) is 0.161. The van der Waals surface area contributed by atoms with Crippen LogP contribution in [0, 0.1) is 6.92 Å². The number of pyridine rings is 1. The summed E-state index contributed by atoms with van der Waals surface area (Å²) >= 11 is 0. The number of carbonyl (C=O) groups is 1. The number of fused-ring (bicyclic) bond motifs is 1. The van der Waals surface area contributed by atoms with Gasteiger partial charge in [-0.2, -0.15) is 0 Å². The third-order valence-electron chi connectivity index (χ3n) is 6.42. The molecule has 0 saturated carbocycles. The molecule has 1 N–H and O–H groups in total. The number of nitrogens with one attached hydrogen (secondary N) is 1. The fourth-order valence-electron chi connectivity index (χ4n) is 4.45. The second-order valence-corrected chi connectivity index (χ2v) is 8.99. The van der Waals surface area contributed by atoms with Crippen molar-refractivity contribution in [2.45, 2.75) is 32.7 Å². The molecule has 2 aromatic heterocycles. The van der Waals surface area contributed by atoms with Gasteiger partial charge in [0.2, 0.25) is 5.91 Å². The third kappa shape index (κ3) is 5.02. The molecule has 3 aromatic carbocycles. The molecule has 1 amide bonds. The number of benzene rings is 3. The van der Waals surface area contributed by atoms with E-state index in [0.717, 1.165) is 39.3 Å². The van der Waals surface area contributed by atoms with Gasteiger partial charge in [-0.15, -0.1) is 0 Å². The molecule has 0 unspecified atom stereocenters. The molecule has 0 spiro atoms. The Morgan fingerprint density at radius 1 is 0.829 bits per heavy atom. The van der Waals surface area contributed by atoms with Crippen LogP contribution >= 0.6 is 0 Å². The number of imidazole rings is 1. The zero-order valence-corrected chi connectivity index (χ0v) is 20.1. The van der Waals surface area contributed by atoms with Crippen molar-refractivity contribution in [2.24, 2.45) is 0 Å². The van der Waals surface area contributed by atoms with Crippen molar-refractivity contribution in [3.8, 4) is 22.4 Å². The van der Waals surface area contributed by atoms with Gasteiger partial charge in [0.25, 0.3) is 0 Å². The van der Waals surface area contributed by atoms with Crippen LogP contribution in [0.5, 0.6) is 0 Å². The monoisotopic (exact) mass is 459 g/mol. The first kappa shape index (κ1) is 22.6. The van der Waals surface area contributed by atoms with Gasteiger partial charge in [0, 0.05) is 18.2 Å². The lowest BCUT2D eigenvalue weighted by Gasteiger charge is -2.14. The van der Waals surface area contributed by atoms with Crippen LogP contribution in [0.15, 0.2) is 103 Å². The van der Waals surface area contributed by atoms with Crippen molar-refractivity contribution in [2.75, 3.05) is 0 Å². The lowest BCUT2D eigenvalue weighted by Crippen LogP contribution is -2.26. The summed E-state index contributed by atoms with van der Waals surface area (Å²) in [4.78, 5) is 17.9. The van der Waals surface area contributed by atoms with E-state index in [1.165, 1.54) is 5.56 Å². The molecule has 5 aromatic rings. The van der Waals surface area contributed by atoms with Crippen molar-refractivity contribution in [1.82, 2.24) is 14.7 Å². The number of carbonyl (C=O) groups excluding carboxylic acids is 1. The molecule has 1 atom stereocenters. The minimum Gasteiger partial charge on any atom is -0.350 e. The van der Waals surface area contributed by atoms with Gasteiger partial charge in [-0.1, -0.05) is 90.5 Å². The highest BCUT2D eigenvalue weighted by Crippen LogP contribution is 2.28. The molecule has 0 aliphatic heterocycles. The molecule has 4 nitrogen and oxygen atoms in total. The predicted molar refractivity (Wildman–Crippen MR) is 142 cm³/mol. The largest absolute Gasteiger partial charge is 0.350 e. The standard InChI is InChI=1S/C31H29N3O/c1-22-13-15-26(16-14-22)31-28(18-20-30(35)32-23(2)24-9-5-3-6-10-24)34-21-27(17-19-29(34)33-31)25-11-7-4-8-12-25/h3-17,19,21,23H,18,20H2,1-2H3,(H,32,35)/t23-/m0/s1. The number of aryl methyl sites for hydroxylation is 2. The molecule has 4 heteroatoms. The summed E-state index contributed by atoms with van der Waals surface area (Å²) < 4.78 is 2.14. The quantitative estimate of drug-likeness (QED) is 0.291. The number of amides is 1. The van der Waals surface area contributed by atoms with Crippen LogP contribution in [0.4, 0.5) is 0 Å². The van der Waals surface area contributed by atoms with E-state index >= 15 is 0 Å². The molecule has 0 bridgehead atoms. The van der Waals surface area contributed by atoms with Gasteiger partial charge in [-0.3, -0.25) is 4.79 Å². The predicted octanol–water partition coefficient (Wildman–Crippen LogP) is 6.79. The highest BCUT2D eigenvalue weighted by atomic mass is 16.1. The average molecular weight is 460 g/mol. The smallest absolute Gasteiger partial charge is 0.220 e. The van der Waals surface area contributed by atoms with E-state index in [4.69, 9.17) is 4.98 Å². The van der Waals surface area contributed by atoms with E-state index in [1.807, 2.05) is 55.5 Å². The minimum absolute atomic E-state index is 0.0328. The van der Waals surface area contributed by atoms with Crippen molar-refractivity contribution in [1.29, 1.82) is 0 Å². The molecular weight excluding hydrogens is 430 g/mol. The lowest BCUT2D eigenvalue weighted by molar-refractivity contribution is -0.121. The second-order valence-electron chi connectivity index (χ2n) is 8.99. The SMILES string of the molecule is Cc1ccc(-c2nc3ccc(-c4ccccc4)cn3c2CCC(=O)N[C@@H](C)c2ccccc2)cc1. The van der Waals surface area contributed by atoms with Gasteiger partial charge in [0.1, 0.15) is 5.65 Å². The van der Waals surface area contributed by atoms with Crippen LogP contribution in [0.3, 0.4) is 0 Å². The van der Waals surface area contributed by atoms with Gasteiger partial charge >= 0.3 is 0 Å². The van der Waals surface area contributed by atoms with Gasteiger partial charge in [0.05, 0.1) is 17.4 Å². The topological polar surface area (TPSA) is 46.4 Å². The zero-order valence-electron chi connectivity index (χ0n) is 20.1. The Labute approximate surface area is 206 Å². The Kier molecular flexibility index (Phi) is 6.44. The minimum atomic E-state index is -0.0351. The molecule has 0 aliphatic carbocycles. The fourth-order valence-corrected chi connectivity index (χ4v) is 4.45. The van der Waals surface area contributed by atoms with E-state index in [1.54, 1.807) is 0 Å². The molecule has 5 rings (SSSR count). The lowest BCUT2D eigenvalue weighted by atomic mass is 10.0. The highest BCUT2D eigenvalue weighted by Gasteiger charge is 2.17. The van der Waals surface area contributed by atoms with Gasteiger partial charge in [-0.05, 0) is 49.1 Å². The highest BCUT2D eigenvalue weighted by molar-refractivity contribution is 5.77. The summed E-state index contributed by atoms with van der Waals surface area (Å²) in [5.74, 6) is 0.0328. The van der Waals surface area contributed by atoms with Gasteiger partial charge in [-0.25, -0.2) is 4.98 Å². The van der Waals surface area contributed by atoms with Crippen LogP contribution < -0.4 is 5.32 Å². The summed E-state index contributed by atoms with van der Waals surface area (Å²) in [5.41, 5.74) is 8.50. The van der Waals surface area contributed by atoms with E-state index in [-0.39, 0.29) is 11.9 Å². The average Bonchev–Trinajstić information content (AvgIpc) is 3.26. The molecule has 0 radical (unpaired) electrons. The molecule has 0 saturated heterocycles. The Morgan fingerprint density at radius 2 is 1.49 bits per heavy atom. The molecule has 2 heterocycles. The van der Waals surface area contributed by atoms with Crippen LogP contribution in [0.25, 0.3) is 28.0 Å². The normalized spacial score (nSPS) is 11.9. The van der Waals surface area contributed by atoms with E-state index in [9.17, 15) is 4.79 Å². The van der Waals surface area contributed by atoms with E-state index < -0.39 is 0 Å². The van der Waals surface area contributed by atoms with Crippen LogP contribution in [0.1, 0.15) is 36.2 Å². The number of aromatic nitrogens is 2. The first-order valence-electron chi connectivity index (χ1n) is 12.1. The zero-order chi connectivity index (χ0) is 24.2. The van der Waals surface area contributed by atoms with Gasteiger partial charge < -0.3 is 9.72 Å². The van der Waals surface area contributed by atoms with Crippen molar-refractivity contribution in [3.05, 3.63) is 120 Å². The number of hydrogen-bond acceptors (Lipinski definition) is 2. The number of rotatable bonds is 7. The maximum absolute atomic E-state index is 12.9. The summed E-state index contributed by atoms with van der Waals surface area (Å²) in [6, 6.07) is 32.9. The summed E-state index contributed by atoms with van der Waals surface area (Å²) in [6.07, 6.45) is 3.12. The summed E-state index contributed by atoms with van der Waals surface area (Å²) in [7, 11) is 0. The Balaban J connectivity index is 1.46. The second kappa shape index (κ2) is 9.98. The summed E-state index contributed by atoms with van der Waals surface area (Å²) in [5, 5.41) is 3.14. The number of hydrogen-bond donors (Lipinski definition) is 1. The maximum atomic E-state index is 12.9. The molecule has 174 valence electrons. The third-order valence-corrected chi connectivity index (χ3v) is 6.42. The first-order chi connectivity index (χ1) is 17.1. The first-order valence-corrected chi connectivity index (χ1v) is 12.1. The number of nitrogens with zero attached hydrogens (tertiary/aromatic N) is 2. The maximum Gasteiger partial charge on any atom is 0.220 e. The van der Waals surface area contributed by atoms with E-state index in [0.29, 0.717) is 12.8 Å². The van der Waals surface area contributed by atoms with Crippen molar-refractivity contribution in [3.63, 3.8) is 0 Å². The van der Waals surface area contributed by atoms with Crippen molar-refractivity contribution < 1.29 is 4.79 Å². The van der Waals surface area contributed by atoms with Gasteiger partial charge in [0.15, 0.2) is 0 Å². The van der Waals surface area contributed by atoms with Crippen LogP contribution in [0.2, 0.25) is 0 Å². The Hall–Kier alpha value is -4.18. The van der Waals surface area contributed by atoms with Crippen LogP contribution in [-0.2, 0) is 11.2 Å².